The Bertz CT molecular complexity index is 535. The third-order valence-electron chi connectivity index (χ3n) is 2.09. The molecule has 0 aliphatic carbocycles. The van der Waals surface area contributed by atoms with Crippen LogP contribution in [0.5, 0.6) is 0 Å². The maximum atomic E-state index is 11.3. The van der Waals surface area contributed by atoms with E-state index < -0.39 is 5.97 Å². The van der Waals surface area contributed by atoms with Gasteiger partial charge in [-0.05, 0) is 6.07 Å². The molecule has 0 radical (unpaired) electrons. The van der Waals surface area contributed by atoms with E-state index in [-0.39, 0.29) is 10.8 Å². The van der Waals surface area contributed by atoms with Crippen molar-refractivity contribution in [3.8, 4) is 0 Å². The van der Waals surface area contributed by atoms with Gasteiger partial charge in [0.1, 0.15) is 5.15 Å². The standard InChI is InChI=1S/C9H8ClN3O2/c1-13-7-3-6(9(14)15-2)12-8(10)5(7)4-11-13/h3-4H,1-2H3. The van der Waals surface area contributed by atoms with Crippen LogP contribution in [0.2, 0.25) is 5.15 Å². The number of methoxy groups -OCH3 is 1. The lowest BCUT2D eigenvalue weighted by Gasteiger charge is -2.01. The Morgan fingerprint density at radius 3 is 3.00 bits per heavy atom. The minimum absolute atomic E-state index is 0.179. The molecule has 0 saturated carbocycles. The van der Waals surface area contributed by atoms with Gasteiger partial charge in [0.15, 0.2) is 5.69 Å². The normalized spacial score (nSPS) is 10.6. The van der Waals surface area contributed by atoms with Crippen molar-refractivity contribution in [1.82, 2.24) is 14.8 Å². The number of aromatic nitrogens is 3. The molecule has 2 aromatic heterocycles. The summed E-state index contributed by atoms with van der Waals surface area (Å²) in [7, 11) is 3.06. The van der Waals surface area contributed by atoms with E-state index >= 15 is 0 Å². The van der Waals surface area contributed by atoms with Gasteiger partial charge in [-0.2, -0.15) is 5.10 Å². The zero-order valence-electron chi connectivity index (χ0n) is 8.19. The average Bonchev–Trinajstić information content (AvgIpc) is 2.60. The van der Waals surface area contributed by atoms with Gasteiger partial charge in [-0.25, -0.2) is 9.78 Å². The topological polar surface area (TPSA) is 57.0 Å². The number of carbonyl (C=O) groups excluding carboxylic acids is 1. The first-order chi connectivity index (χ1) is 7.13. The Morgan fingerprint density at radius 1 is 1.60 bits per heavy atom. The summed E-state index contributed by atoms with van der Waals surface area (Å²) in [6, 6.07) is 1.60. The molecule has 2 aromatic rings. The number of rotatable bonds is 1. The molecule has 2 heterocycles. The van der Waals surface area contributed by atoms with Crippen molar-refractivity contribution in [3.05, 3.63) is 23.1 Å². The maximum Gasteiger partial charge on any atom is 0.356 e. The molecule has 0 saturated heterocycles. The van der Waals surface area contributed by atoms with Crippen LogP contribution in [0.4, 0.5) is 0 Å². The Kier molecular flexibility index (Phi) is 2.32. The minimum atomic E-state index is -0.514. The molecule has 6 heteroatoms. The molecule has 0 bridgehead atoms. The molecule has 0 aliphatic rings. The summed E-state index contributed by atoms with van der Waals surface area (Å²) in [5.74, 6) is -0.514. The fourth-order valence-electron chi connectivity index (χ4n) is 1.31. The van der Waals surface area contributed by atoms with Crippen LogP contribution in [-0.2, 0) is 11.8 Å². The molecular formula is C9H8ClN3O2. The van der Waals surface area contributed by atoms with Crippen LogP contribution < -0.4 is 0 Å². The minimum Gasteiger partial charge on any atom is -0.464 e. The second kappa shape index (κ2) is 3.51. The number of esters is 1. The molecule has 0 unspecified atom stereocenters. The molecule has 0 atom stereocenters. The largest absolute Gasteiger partial charge is 0.464 e. The number of pyridine rings is 1. The summed E-state index contributed by atoms with van der Waals surface area (Å²) in [4.78, 5) is 15.2. The molecule has 2 rings (SSSR count). The Labute approximate surface area is 90.6 Å². The molecule has 0 fully saturated rings. The quantitative estimate of drug-likeness (QED) is 0.544. The lowest BCUT2D eigenvalue weighted by Crippen LogP contribution is -2.04. The van der Waals surface area contributed by atoms with E-state index in [2.05, 4.69) is 14.8 Å². The van der Waals surface area contributed by atoms with Crippen LogP contribution in [0.15, 0.2) is 12.3 Å². The van der Waals surface area contributed by atoms with Crippen LogP contribution in [0.1, 0.15) is 10.5 Å². The molecule has 5 nitrogen and oxygen atoms in total. The van der Waals surface area contributed by atoms with Gasteiger partial charge in [0.05, 0.1) is 24.2 Å². The summed E-state index contributed by atoms with van der Waals surface area (Å²) < 4.78 is 6.19. The van der Waals surface area contributed by atoms with Crippen molar-refractivity contribution >= 4 is 28.5 Å². The Morgan fingerprint density at radius 2 is 2.33 bits per heavy atom. The van der Waals surface area contributed by atoms with Crippen LogP contribution in [0.25, 0.3) is 10.9 Å². The van der Waals surface area contributed by atoms with E-state index in [1.807, 2.05) is 0 Å². The lowest BCUT2D eigenvalue weighted by molar-refractivity contribution is 0.0594. The lowest BCUT2D eigenvalue weighted by atomic mass is 10.3. The first-order valence-corrected chi connectivity index (χ1v) is 4.58. The van der Waals surface area contributed by atoms with Crippen LogP contribution in [0.3, 0.4) is 0 Å². The number of fused-ring (bicyclic) bond motifs is 1. The number of ether oxygens (including phenoxy) is 1. The van der Waals surface area contributed by atoms with Gasteiger partial charge in [-0.3, -0.25) is 4.68 Å². The van der Waals surface area contributed by atoms with E-state index in [1.54, 1.807) is 24.0 Å². The van der Waals surface area contributed by atoms with Gasteiger partial charge in [0.25, 0.3) is 0 Å². The van der Waals surface area contributed by atoms with Crippen molar-refractivity contribution in [3.63, 3.8) is 0 Å². The second-order valence-electron chi connectivity index (χ2n) is 2.99. The van der Waals surface area contributed by atoms with Gasteiger partial charge in [-0.15, -0.1) is 0 Å². The van der Waals surface area contributed by atoms with Crippen molar-refractivity contribution < 1.29 is 9.53 Å². The molecular weight excluding hydrogens is 218 g/mol. The first kappa shape index (κ1) is 9.92. The Hall–Kier alpha value is -1.62. The Balaban J connectivity index is 2.70. The monoisotopic (exact) mass is 225 g/mol. The van der Waals surface area contributed by atoms with E-state index in [0.29, 0.717) is 5.39 Å². The predicted octanol–water partition coefficient (Wildman–Crippen LogP) is 1.41. The predicted molar refractivity (Wildman–Crippen MR) is 54.9 cm³/mol. The number of aryl methyl sites for hydroxylation is 1. The van der Waals surface area contributed by atoms with Gasteiger partial charge in [0.2, 0.25) is 0 Å². The smallest absolute Gasteiger partial charge is 0.356 e. The van der Waals surface area contributed by atoms with E-state index in [1.165, 1.54) is 7.11 Å². The van der Waals surface area contributed by atoms with E-state index in [4.69, 9.17) is 11.6 Å². The molecule has 0 aromatic carbocycles. The highest BCUT2D eigenvalue weighted by atomic mass is 35.5. The average molecular weight is 226 g/mol. The highest BCUT2D eigenvalue weighted by Gasteiger charge is 2.13. The van der Waals surface area contributed by atoms with Crippen LogP contribution in [-0.4, -0.2) is 27.8 Å². The molecule has 0 amide bonds. The number of hydrogen-bond donors (Lipinski definition) is 0. The van der Waals surface area contributed by atoms with Crippen LogP contribution >= 0.6 is 11.6 Å². The summed E-state index contributed by atoms with van der Waals surface area (Å²) in [5, 5.41) is 4.99. The van der Waals surface area contributed by atoms with Gasteiger partial charge < -0.3 is 4.74 Å². The number of nitrogens with zero attached hydrogens (tertiary/aromatic N) is 3. The van der Waals surface area contributed by atoms with Crippen molar-refractivity contribution in [2.24, 2.45) is 7.05 Å². The van der Waals surface area contributed by atoms with Gasteiger partial charge in [0, 0.05) is 7.05 Å². The molecule has 0 spiro atoms. The molecule has 0 N–H and O–H groups in total. The van der Waals surface area contributed by atoms with Crippen molar-refractivity contribution in [1.29, 1.82) is 0 Å². The highest BCUT2D eigenvalue weighted by Crippen LogP contribution is 2.21. The second-order valence-corrected chi connectivity index (χ2v) is 3.35. The summed E-state index contributed by atoms with van der Waals surface area (Å²) in [5.41, 5.74) is 0.925. The van der Waals surface area contributed by atoms with Crippen molar-refractivity contribution in [2.45, 2.75) is 0 Å². The SMILES string of the molecule is COC(=O)c1cc2c(cnn2C)c(Cl)n1. The number of halogens is 1. The molecule has 15 heavy (non-hydrogen) atoms. The zero-order chi connectivity index (χ0) is 11.0. The highest BCUT2D eigenvalue weighted by molar-refractivity contribution is 6.34. The van der Waals surface area contributed by atoms with Gasteiger partial charge >= 0.3 is 5.97 Å². The number of carbonyl (C=O) groups is 1. The summed E-state index contributed by atoms with van der Waals surface area (Å²) in [6.07, 6.45) is 1.60. The summed E-state index contributed by atoms with van der Waals surface area (Å²) >= 11 is 5.90. The first-order valence-electron chi connectivity index (χ1n) is 4.20. The fraction of sp³-hybridized carbons (Fsp3) is 0.222. The van der Waals surface area contributed by atoms with Crippen LogP contribution in [0, 0.1) is 0 Å². The van der Waals surface area contributed by atoms with E-state index in [0.717, 1.165) is 5.52 Å². The van der Waals surface area contributed by atoms with Crippen molar-refractivity contribution in [2.75, 3.05) is 7.11 Å². The van der Waals surface area contributed by atoms with E-state index in [9.17, 15) is 4.79 Å². The summed E-state index contributed by atoms with van der Waals surface area (Å²) in [6.45, 7) is 0. The zero-order valence-corrected chi connectivity index (χ0v) is 8.95. The number of hydrogen-bond acceptors (Lipinski definition) is 4. The molecule has 78 valence electrons. The van der Waals surface area contributed by atoms with Gasteiger partial charge in [-0.1, -0.05) is 11.6 Å². The third-order valence-corrected chi connectivity index (χ3v) is 2.38. The maximum absolute atomic E-state index is 11.3. The molecule has 0 aliphatic heterocycles. The fourth-order valence-corrected chi connectivity index (χ4v) is 1.55. The third kappa shape index (κ3) is 1.55.